The third kappa shape index (κ3) is 2.39. The Kier molecular flexibility index (Phi) is 3.53. The van der Waals surface area contributed by atoms with E-state index in [2.05, 4.69) is 19.9 Å². The zero-order valence-electron chi connectivity index (χ0n) is 11.6. The molecule has 0 atom stereocenters. The van der Waals surface area contributed by atoms with Crippen molar-refractivity contribution >= 4 is 0 Å². The van der Waals surface area contributed by atoms with Crippen LogP contribution in [0.5, 0.6) is 11.6 Å². The maximum atomic E-state index is 12.3. The van der Waals surface area contributed by atoms with Gasteiger partial charge < -0.3 is 14.8 Å². The van der Waals surface area contributed by atoms with Crippen molar-refractivity contribution in [3.05, 3.63) is 53.1 Å². The van der Waals surface area contributed by atoms with E-state index in [1.807, 2.05) is 0 Å². The molecule has 0 amide bonds. The molecule has 110 valence electrons. The van der Waals surface area contributed by atoms with Gasteiger partial charge in [0.15, 0.2) is 11.6 Å². The number of benzene rings is 1. The Labute approximate surface area is 125 Å². The van der Waals surface area contributed by atoms with Gasteiger partial charge in [0.2, 0.25) is 5.88 Å². The Hall–Kier alpha value is -3.22. The molecule has 0 bridgehead atoms. The summed E-state index contributed by atoms with van der Waals surface area (Å²) in [6.07, 6.45) is 3.04. The predicted molar refractivity (Wildman–Crippen MR) is 79.5 cm³/mol. The minimum absolute atomic E-state index is 0.0390. The van der Waals surface area contributed by atoms with Crippen LogP contribution in [0.25, 0.3) is 22.8 Å². The number of rotatable bonds is 3. The molecule has 1 aromatic carbocycles. The molecule has 0 saturated carbocycles. The maximum Gasteiger partial charge on any atom is 0.263 e. The van der Waals surface area contributed by atoms with Crippen molar-refractivity contribution in [1.82, 2.24) is 19.9 Å². The first-order valence-electron chi connectivity index (χ1n) is 6.44. The molecule has 7 nitrogen and oxygen atoms in total. The van der Waals surface area contributed by atoms with Gasteiger partial charge in [0.25, 0.3) is 5.56 Å². The van der Waals surface area contributed by atoms with Crippen molar-refractivity contribution in [2.45, 2.75) is 0 Å². The number of ether oxygens (including phenoxy) is 1. The van der Waals surface area contributed by atoms with Gasteiger partial charge in [0, 0.05) is 18.0 Å². The second-order valence-electron chi connectivity index (χ2n) is 4.39. The lowest BCUT2D eigenvalue weighted by Crippen LogP contribution is -2.13. The highest BCUT2D eigenvalue weighted by molar-refractivity contribution is 5.74. The van der Waals surface area contributed by atoms with Crippen molar-refractivity contribution in [3.63, 3.8) is 0 Å². The number of aromatic hydroxyl groups is 1. The lowest BCUT2D eigenvalue weighted by Gasteiger charge is -2.09. The lowest BCUT2D eigenvalue weighted by molar-refractivity contribution is 0.415. The fourth-order valence-electron chi connectivity index (χ4n) is 2.08. The van der Waals surface area contributed by atoms with Gasteiger partial charge in [-0.2, -0.15) is 4.98 Å². The van der Waals surface area contributed by atoms with E-state index in [4.69, 9.17) is 4.74 Å². The summed E-state index contributed by atoms with van der Waals surface area (Å²) in [5.41, 5.74) is -0.00614. The first-order chi connectivity index (χ1) is 10.7. The van der Waals surface area contributed by atoms with Crippen LogP contribution in [0.15, 0.2) is 47.5 Å². The Morgan fingerprint density at radius 2 is 1.86 bits per heavy atom. The number of methoxy groups -OCH3 is 1. The number of H-pyrrole nitrogens is 1. The molecule has 0 aliphatic carbocycles. The molecule has 3 aromatic rings. The molecule has 0 aliphatic rings. The lowest BCUT2D eigenvalue weighted by atomic mass is 10.1. The van der Waals surface area contributed by atoms with Crippen LogP contribution in [0.4, 0.5) is 0 Å². The van der Waals surface area contributed by atoms with Crippen LogP contribution in [-0.2, 0) is 0 Å². The first kappa shape index (κ1) is 13.7. The third-order valence-corrected chi connectivity index (χ3v) is 3.05. The number of para-hydroxylation sites is 1. The third-order valence-electron chi connectivity index (χ3n) is 3.05. The largest absolute Gasteiger partial charge is 0.496 e. The summed E-state index contributed by atoms with van der Waals surface area (Å²) in [4.78, 5) is 26.9. The van der Waals surface area contributed by atoms with Crippen molar-refractivity contribution in [2.24, 2.45) is 0 Å². The van der Waals surface area contributed by atoms with E-state index in [0.29, 0.717) is 11.3 Å². The molecule has 0 unspecified atom stereocenters. The fraction of sp³-hybridized carbons (Fsp3) is 0.0667. The molecule has 2 aromatic heterocycles. The van der Waals surface area contributed by atoms with Crippen LogP contribution >= 0.6 is 0 Å². The summed E-state index contributed by atoms with van der Waals surface area (Å²) in [6.45, 7) is 0. The molecule has 3 rings (SSSR count). The fourth-order valence-corrected chi connectivity index (χ4v) is 2.08. The van der Waals surface area contributed by atoms with Crippen LogP contribution in [0.1, 0.15) is 0 Å². The molecule has 22 heavy (non-hydrogen) atoms. The van der Waals surface area contributed by atoms with Gasteiger partial charge in [0.05, 0.1) is 7.11 Å². The Bertz CT molecular complexity index is 862. The van der Waals surface area contributed by atoms with Gasteiger partial charge >= 0.3 is 0 Å². The van der Waals surface area contributed by atoms with Gasteiger partial charge in [-0.1, -0.05) is 18.2 Å². The smallest absolute Gasteiger partial charge is 0.263 e. The van der Waals surface area contributed by atoms with Gasteiger partial charge in [-0.3, -0.25) is 4.79 Å². The number of hydrogen-bond donors (Lipinski definition) is 2. The van der Waals surface area contributed by atoms with E-state index in [9.17, 15) is 9.90 Å². The highest BCUT2D eigenvalue weighted by Crippen LogP contribution is 2.32. The number of hydrogen-bond acceptors (Lipinski definition) is 6. The molecule has 0 aliphatic heterocycles. The number of nitrogens with zero attached hydrogens (tertiary/aromatic N) is 3. The van der Waals surface area contributed by atoms with Crippen LogP contribution in [0.2, 0.25) is 0 Å². The second-order valence-corrected chi connectivity index (χ2v) is 4.39. The Morgan fingerprint density at radius 3 is 2.55 bits per heavy atom. The molecule has 0 spiro atoms. The first-order valence-corrected chi connectivity index (χ1v) is 6.44. The highest BCUT2D eigenvalue weighted by Gasteiger charge is 2.17. The van der Waals surface area contributed by atoms with E-state index in [0.717, 1.165) is 0 Å². The van der Waals surface area contributed by atoms with E-state index < -0.39 is 11.4 Å². The van der Waals surface area contributed by atoms with E-state index in [-0.39, 0.29) is 17.2 Å². The summed E-state index contributed by atoms with van der Waals surface area (Å²) in [5, 5.41) is 10.2. The van der Waals surface area contributed by atoms with E-state index in [1.54, 1.807) is 30.3 Å². The quantitative estimate of drug-likeness (QED) is 0.761. The van der Waals surface area contributed by atoms with Gasteiger partial charge in [0.1, 0.15) is 11.3 Å². The molecule has 0 saturated heterocycles. The molecule has 2 heterocycles. The van der Waals surface area contributed by atoms with Crippen molar-refractivity contribution in [3.8, 4) is 34.4 Å². The van der Waals surface area contributed by atoms with Crippen LogP contribution in [0, 0.1) is 0 Å². The predicted octanol–water partition coefficient (Wildman–Crippen LogP) is 1.61. The summed E-state index contributed by atoms with van der Waals surface area (Å²) >= 11 is 0. The Morgan fingerprint density at radius 1 is 1.14 bits per heavy atom. The summed E-state index contributed by atoms with van der Waals surface area (Å²) in [7, 11) is 1.49. The zero-order chi connectivity index (χ0) is 15.5. The SMILES string of the molecule is COc1ccccc1-c1c(O)nc(-c2ncccn2)[nH]c1=O. The van der Waals surface area contributed by atoms with Crippen molar-refractivity contribution in [2.75, 3.05) is 7.11 Å². The van der Waals surface area contributed by atoms with Crippen LogP contribution in [-0.4, -0.2) is 32.2 Å². The minimum Gasteiger partial charge on any atom is -0.496 e. The van der Waals surface area contributed by atoms with Gasteiger partial charge in [-0.15, -0.1) is 0 Å². The van der Waals surface area contributed by atoms with Gasteiger partial charge in [-0.25, -0.2) is 9.97 Å². The average molecular weight is 296 g/mol. The van der Waals surface area contributed by atoms with Gasteiger partial charge in [-0.05, 0) is 12.1 Å². The molecular formula is C15H12N4O3. The molecule has 2 N–H and O–H groups in total. The standard InChI is InChI=1S/C15H12N4O3/c1-22-10-6-3-2-5-9(10)11-14(20)18-13(19-15(11)21)12-16-7-4-8-17-12/h2-8H,1H3,(H2,18,19,20,21). The van der Waals surface area contributed by atoms with Crippen LogP contribution < -0.4 is 10.3 Å². The molecule has 7 heteroatoms. The normalized spacial score (nSPS) is 10.4. The number of aromatic amines is 1. The molecule has 0 radical (unpaired) electrons. The van der Waals surface area contributed by atoms with Crippen LogP contribution in [0.3, 0.4) is 0 Å². The average Bonchev–Trinajstić information content (AvgIpc) is 2.55. The van der Waals surface area contributed by atoms with Crippen molar-refractivity contribution < 1.29 is 9.84 Å². The number of aromatic nitrogens is 4. The molecular weight excluding hydrogens is 284 g/mol. The van der Waals surface area contributed by atoms with Crippen molar-refractivity contribution in [1.29, 1.82) is 0 Å². The summed E-state index contributed by atoms with van der Waals surface area (Å²) < 4.78 is 5.21. The maximum absolute atomic E-state index is 12.3. The number of nitrogens with one attached hydrogen (secondary N) is 1. The van der Waals surface area contributed by atoms with E-state index in [1.165, 1.54) is 19.5 Å². The Balaban J connectivity index is 2.18. The molecule has 0 fully saturated rings. The zero-order valence-corrected chi connectivity index (χ0v) is 11.6. The summed E-state index contributed by atoms with van der Waals surface area (Å²) in [5.74, 6) is 0.382. The summed E-state index contributed by atoms with van der Waals surface area (Å²) in [6, 6.07) is 8.52. The highest BCUT2D eigenvalue weighted by atomic mass is 16.5. The van der Waals surface area contributed by atoms with E-state index >= 15 is 0 Å². The topological polar surface area (TPSA) is 101 Å². The monoisotopic (exact) mass is 296 g/mol. The minimum atomic E-state index is -0.501. The second kappa shape index (κ2) is 5.65.